The van der Waals surface area contributed by atoms with E-state index < -0.39 is 0 Å². The Balaban J connectivity index is 1.45. The summed E-state index contributed by atoms with van der Waals surface area (Å²) in [5.41, 5.74) is 4.33. The summed E-state index contributed by atoms with van der Waals surface area (Å²) in [4.78, 5) is 12.5. The number of anilines is 1. The zero-order valence-corrected chi connectivity index (χ0v) is 14.0. The van der Waals surface area contributed by atoms with E-state index in [1.165, 1.54) is 11.1 Å². The van der Waals surface area contributed by atoms with Crippen LogP contribution in [0, 0.1) is 5.92 Å². The quantitative estimate of drug-likeness (QED) is 0.768. The summed E-state index contributed by atoms with van der Waals surface area (Å²) < 4.78 is 5.24. The van der Waals surface area contributed by atoms with Crippen LogP contribution in [-0.4, -0.2) is 23.2 Å². The molecule has 0 spiro atoms. The molecular formula is C20H19N3O2. The standard InChI is InChI=1S/C20H19N3O2/c1-25-17-8-4-7-15(11-17)18-12-19(23-22-18)21-20(24)16-9-13-5-2-3-6-14(13)10-16/h2-8,11-12,16H,9-10H2,1H3,(H2,21,22,23,24). The third-order valence-corrected chi connectivity index (χ3v) is 4.63. The molecule has 5 nitrogen and oxygen atoms in total. The second-order valence-corrected chi connectivity index (χ2v) is 6.26. The maximum Gasteiger partial charge on any atom is 0.229 e. The molecule has 1 aromatic heterocycles. The lowest BCUT2D eigenvalue weighted by Crippen LogP contribution is -2.23. The zero-order chi connectivity index (χ0) is 17.2. The molecule has 1 aliphatic carbocycles. The van der Waals surface area contributed by atoms with E-state index in [-0.39, 0.29) is 11.8 Å². The molecule has 0 aliphatic heterocycles. The van der Waals surface area contributed by atoms with Gasteiger partial charge in [-0.2, -0.15) is 5.10 Å². The molecule has 1 amide bonds. The SMILES string of the molecule is COc1cccc(-c2cc(NC(=O)C3Cc4ccccc4C3)n[nH]2)c1. The summed E-state index contributed by atoms with van der Waals surface area (Å²) >= 11 is 0. The molecule has 25 heavy (non-hydrogen) atoms. The number of aromatic amines is 1. The molecule has 4 rings (SSSR count). The molecule has 0 saturated carbocycles. The molecule has 0 saturated heterocycles. The number of methoxy groups -OCH3 is 1. The van der Waals surface area contributed by atoms with Gasteiger partial charge in [-0.25, -0.2) is 0 Å². The number of carbonyl (C=O) groups excluding carboxylic acids is 1. The highest BCUT2D eigenvalue weighted by Crippen LogP contribution is 2.28. The predicted octanol–water partition coefficient (Wildman–Crippen LogP) is 3.44. The average Bonchev–Trinajstić information content (AvgIpc) is 3.28. The summed E-state index contributed by atoms with van der Waals surface area (Å²) in [6, 6.07) is 17.8. The Hall–Kier alpha value is -3.08. The van der Waals surface area contributed by atoms with Crippen LogP contribution in [0.4, 0.5) is 5.82 Å². The summed E-state index contributed by atoms with van der Waals surface area (Å²) in [6.07, 6.45) is 1.57. The fraction of sp³-hybridized carbons (Fsp3) is 0.200. The molecule has 0 atom stereocenters. The number of rotatable bonds is 4. The molecular weight excluding hydrogens is 314 g/mol. The summed E-state index contributed by atoms with van der Waals surface area (Å²) in [5, 5.41) is 10.1. The maximum atomic E-state index is 12.5. The maximum absolute atomic E-state index is 12.5. The van der Waals surface area contributed by atoms with E-state index in [0.29, 0.717) is 5.82 Å². The number of ether oxygens (including phenoxy) is 1. The van der Waals surface area contributed by atoms with Gasteiger partial charge in [-0.3, -0.25) is 9.89 Å². The number of benzene rings is 2. The summed E-state index contributed by atoms with van der Waals surface area (Å²) in [6.45, 7) is 0. The number of fused-ring (bicyclic) bond motifs is 1. The Morgan fingerprint density at radius 3 is 2.60 bits per heavy atom. The molecule has 0 unspecified atom stereocenters. The fourth-order valence-corrected chi connectivity index (χ4v) is 3.30. The monoisotopic (exact) mass is 333 g/mol. The molecule has 126 valence electrons. The Kier molecular flexibility index (Phi) is 3.98. The van der Waals surface area contributed by atoms with Gasteiger partial charge >= 0.3 is 0 Å². The van der Waals surface area contributed by atoms with Gasteiger partial charge in [0.15, 0.2) is 5.82 Å². The number of nitrogens with one attached hydrogen (secondary N) is 2. The van der Waals surface area contributed by atoms with Gasteiger partial charge in [0.05, 0.1) is 12.8 Å². The minimum Gasteiger partial charge on any atom is -0.497 e. The van der Waals surface area contributed by atoms with E-state index in [1.54, 1.807) is 7.11 Å². The van der Waals surface area contributed by atoms with Crippen molar-refractivity contribution in [2.24, 2.45) is 5.92 Å². The molecule has 0 bridgehead atoms. The van der Waals surface area contributed by atoms with Crippen LogP contribution in [0.3, 0.4) is 0 Å². The second-order valence-electron chi connectivity index (χ2n) is 6.26. The van der Waals surface area contributed by atoms with E-state index in [9.17, 15) is 4.79 Å². The van der Waals surface area contributed by atoms with Crippen molar-refractivity contribution >= 4 is 11.7 Å². The minimum absolute atomic E-state index is 0.0138. The molecule has 2 aromatic carbocycles. The van der Waals surface area contributed by atoms with Gasteiger partial charge in [0.2, 0.25) is 5.91 Å². The highest BCUT2D eigenvalue weighted by atomic mass is 16.5. The van der Waals surface area contributed by atoms with Crippen molar-refractivity contribution in [3.8, 4) is 17.0 Å². The van der Waals surface area contributed by atoms with Crippen molar-refractivity contribution in [1.29, 1.82) is 0 Å². The lowest BCUT2D eigenvalue weighted by atomic mass is 10.1. The normalized spacial score (nSPS) is 13.5. The van der Waals surface area contributed by atoms with Gasteiger partial charge in [-0.1, -0.05) is 36.4 Å². The van der Waals surface area contributed by atoms with Crippen LogP contribution in [-0.2, 0) is 17.6 Å². The Bertz CT molecular complexity index is 892. The van der Waals surface area contributed by atoms with Crippen molar-refractivity contribution in [3.63, 3.8) is 0 Å². The zero-order valence-electron chi connectivity index (χ0n) is 14.0. The first-order valence-electron chi connectivity index (χ1n) is 8.30. The van der Waals surface area contributed by atoms with Crippen molar-refractivity contribution in [2.75, 3.05) is 12.4 Å². The third-order valence-electron chi connectivity index (χ3n) is 4.63. The minimum atomic E-state index is -0.0330. The van der Waals surface area contributed by atoms with Crippen molar-refractivity contribution < 1.29 is 9.53 Å². The van der Waals surface area contributed by atoms with Crippen molar-refractivity contribution in [2.45, 2.75) is 12.8 Å². The van der Waals surface area contributed by atoms with E-state index in [0.717, 1.165) is 29.8 Å². The van der Waals surface area contributed by atoms with Crippen LogP contribution < -0.4 is 10.1 Å². The van der Waals surface area contributed by atoms with Gasteiger partial charge < -0.3 is 10.1 Å². The highest BCUT2D eigenvalue weighted by Gasteiger charge is 2.27. The number of nitrogens with zero attached hydrogens (tertiary/aromatic N) is 1. The molecule has 1 heterocycles. The molecule has 2 N–H and O–H groups in total. The van der Waals surface area contributed by atoms with Crippen molar-refractivity contribution in [3.05, 3.63) is 65.7 Å². The summed E-state index contributed by atoms with van der Waals surface area (Å²) in [5.74, 6) is 1.30. The van der Waals surface area contributed by atoms with Crippen LogP contribution >= 0.6 is 0 Å². The molecule has 0 fully saturated rings. The van der Waals surface area contributed by atoms with E-state index >= 15 is 0 Å². The van der Waals surface area contributed by atoms with Crippen LogP contribution in [0.2, 0.25) is 0 Å². The predicted molar refractivity (Wildman–Crippen MR) is 96.5 cm³/mol. The number of carbonyl (C=O) groups is 1. The van der Waals surface area contributed by atoms with E-state index in [2.05, 4.69) is 27.6 Å². The Labute approximate surface area is 146 Å². The van der Waals surface area contributed by atoms with E-state index in [4.69, 9.17) is 4.74 Å². The summed E-state index contributed by atoms with van der Waals surface area (Å²) in [7, 11) is 1.64. The Morgan fingerprint density at radius 2 is 1.88 bits per heavy atom. The second kappa shape index (κ2) is 6.43. The van der Waals surface area contributed by atoms with Crippen LogP contribution in [0.1, 0.15) is 11.1 Å². The molecule has 3 aromatic rings. The van der Waals surface area contributed by atoms with Gasteiger partial charge in [0, 0.05) is 17.5 Å². The molecule has 1 aliphatic rings. The lowest BCUT2D eigenvalue weighted by Gasteiger charge is -2.07. The van der Waals surface area contributed by atoms with Crippen LogP contribution in [0.5, 0.6) is 5.75 Å². The first kappa shape index (κ1) is 15.4. The number of H-pyrrole nitrogens is 1. The molecule has 5 heteroatoms. The van der Waals surface area contributed by atoms with E-state index in [1.807, 2.05) is 42.5 Å². The fourth-order valence-electron chi connectivity index (χ4n) is 3.30. The number of amides is 1. The van der Waals surface area contributed by atoms with Gasteiger partial charge in [0.25, 0.3) is 0 Å². The highest BCUT2D eigenvalue weighted by molar-refractivity contribution is 5.93. The smallest absolute Gasteiger partial charge is 0.229 e. The van der Waals surface area contributed by atoms with Gasteiger partial charge in [-0.05, 0) is 36.1 Å². The Morgan fingerprint density at radius 1 is 1.12 bits per heavy atom. The van der Waals surface area contributed by atoms with Crippen LogP contribution in [0.15, 0.2) is 54.6 Å². The van der Waals surface area contributed by atoms with Gasteiger partial charge in [-0.15, -0.1) is 0 Å². The topological polar surface area (TPSA) is 67.0 Å². The first-order valence-corrected chi connectivity index (χ1v) is 8.30. The number of hydrogen-bond donors (Lipinski definition) is 2. The molecule has 0 radical (unpaired) electrons. The first-order chi connectivity index (χ1) is 12.2. The van der Waals surface area contributed by atoms with Gasteiger partial charge in [0.1, 0.15) is 5.75 Å². The van der Waals surface area contributed by atoms with Crippen molar-refractivity contribution in [1.82, 2.24) is 10.2 Å². The third kappa shape index (κ3) is 3.13. The largest absolute Gasteiger partial charge is 0.497 e. The van der Waals surface area contributed by atoms with Crippen LogP contribution in [0.25, 0.3) is 11.3 Å². The average molecular weight is 333 g/mol. The number of hydrogen-bond acceptors (Lipinski definition) is 3. The lowest BCUT2D eigenvalue weighted by molar-refractivity contribution is -0.119. The number of aromatic nitrogens is 2.